The van der Waals surface area contributed by atoms with Crippen LogP contribution in [0.25, 0.3) is 0 Å². The van der Waals surface area contributed by atoms with Crippen molar-refractivity contribution in [2.45, 2.75) is 12.8 Å². The van der Waals surface area contributed by atoms with E-state index in [1.165, 1.54) is 6.07 Å². The van der Waals surface area contributed by atoms with Crippen molar-refractivity contribution in [1.29, 1.82) is 0 Å². The molecular weight excluding hydrogens is 176 g/mol. The van der Waals surface area contributed by atoms with Crippen molar-refractivity contribution in [3.63, 3.8) is 0 Å². The minimum Gasteiger partial charge on any atom is -0.508 e. The first-order valence-electron chi connectivity index (χ1n) is 3.81. The summed E-state index contributed by atoms with van der Waals surface area (Å²) in [5, 5.41) is 18.3. The van der Waals surface area contributed by atoms with E-state index in [-0.39, 0.29) is 11.5 Å². The zero-order valence-corrected chi connectivity index (χ0v) is 7.38. The van der Waals surface area contributed by atoms with E-state index < -0.39 is 0 Å². The molecule has 12 heavy (non-hydrogen) atoms. The molecule has 2 N–H and O–H groups in total. The van der Waals surface area contributed by atoms with E-state index in [9.17, 15) is 5.11 Å². The largest absolute Gasteiger partial charge is 0.508 e. The van der Waals surface area contributed by atoms with Crippen LogP contribution in [0.4, 0.5) is 0 Å². The summed E-state index contributed by atoms with van der Waals surface area (Å²) in [5.41, 5.74) is 0.827. The molecule has 66 valence electrons. The molecule has 0 heterocycles. The molecule has 0 aliphatic carbocycles. The van der Waals surface area contributed by atoms with Crippen LogP contribution >= 0.6 is 11.6 Å². The quantitative estimate of drug-likeness (QED) is 0.711. The van der Waals surface area contributed by atoms with Crippen molar-refractivity contribution in [2.24, 2.45) is 0 Å². The van der Waals surface area contributed by atoms with Gasteiger partial charge in [0.25, 0.3) is 0 Å². The Balaban J connectivity index is 2.72. The molecule has 3 heteroatoms. The Morgan fingerprint density at radius 1 is 1.25 bits per heavy atom. The first kappa shape index (κ1) is 9.20. The third-order valence-corrected chi connectivity index (χ3v) is 1.92. The molecule has 0 atom stereocenters. The topological polar surface area (TPSA) is 40.5 Å². The molecule has 0 aliphatic rings. The van der Waals surface area contributed by atoms with Gasteiger partial charge in [0.15, 0.2) is 0 Å². The third-order valence-electron chi connectivity index (χ3n) is 1.65. The standard InChI is InChI=1S/C9H11ClO2/c10-5-1-2-7-3-4-8(11)6-9(7)12/h3-4,6,11-12H,1-2,5H2. The number of phenols is 2. The molecule has 0 bridgehead atoms. The number of alkyl halides is 1. The normalized spacial score (nSPS) is 10.1. The van der Waals surface area contributed by atoms with Crippen LogP contribution in [-0.4, -0.2) is 16.1 Å². The first-order chi connectivity index (χ1) is 5.74. The number of benzene rings is 1. The van der Waals surface area contributed by atoms with E-state index in [1.807, 2.05) is 0 Å². The number of phenolic OH excluding ortho intramolecular Hbond substituents is 2. The predicted octanol–water partition coefficient (Wildman–Crippen LogP) is 2.27. The van der Waals surface area contributed by atoms with Crippen LogP contribution in [0.2, 0.25) is 0 Å². The summed E-state index contributed by atoms with van der Waals surface area (Å²) in [7, 11) is 0. The zero-order chi connectivity index (χ0) is 8.97. The molecule has 0 aliphatic heterocycles. The van der Waals surface area contributed by atoms with Gasteiger partial charge < -0.3 is 10.2 Å². The number of aryl methyl sites for hydroxylation is 1. The Labute approximate surface area is 76.4 Å². The molecule has 1 rings (SSSR count). The summed E-state index contributed by atoms with van der Waals surface area (Å²) in [6.07, 6.45) is 1.58. The minimum absolute atomic E-state index is 0.0853. The van der Waals surface area contributed by atoms with Gasteiger partial charge in [-0.15, -0.1) is 11.6 Å². The summed E-state index contributed by atoms with van der Waals surface area (Å²) in [5.74, 6) is 0.808. The van der Waals surface area contributed by atoms with Crippen LogP contribution in [0.3, 0.4) is 0 Å². The monoisotopic (exact) mass is 186 g/mol. The Hall–Kier alpha value is -0.890. The Morgan fingerprint density at radius 2 is 2.00 bits per heavy atom. The molecule has 0 unspecified atom stereocenters. The average molecular weight is 187 g/mol. The van der Waals surface area contributed by atoms with Gasteiger partial charge in [0.2, 0.25) is 0 Å². The SMILES string of the molecule is Oc1ccc(CCCCl)c(O)c1. The van der Waals surface area contributed by atoms with E-state index in [1.54, 1.807) is 12.1 Å². The van der Waals surface area contributed by atoms with Gasteiger partial charge in [-0.3, -0.25) is 0 Å². The fourth-order valence-electron chi connectivity index (χ4n) is 1.02. The molecule has 0 amide bonds. The number of hydrogen-bond acceptors (Lipinski definition) is 2. The van der Waals surface area contributed by atoms with Gasteiger partial charge in [-0.25, -0.2) is 0 Å². The summed E-state index contributed by atoms with van der Waals surface area (Å²) >= 11 is 5.50. The van der Waals surface area contributed by atoms with Crippen molar-refractivity contribution in [2.75, 3.05) is 5.88 Å². The maximum atomic E-state index is 9.31. The maximum Gasteiger partial charge on any atom is 0.122 e. The lowest BCUT2D eigenvalue weighted by Crippen LogP contribution is -1.86. The third kappa shape index (κ3) is 2.31. The highest BCUT2D eigenvalue weighted by atomic mass is 35.5. The van der Waals surface area contributed by atoms with E-state index >= 15 is 0 Å². The number of halogens is 1. The van der Waals surface area contributed by atoms with Gasteiger partial charge in [0.05, 0.1) is 0 Å². The van der Waals surface area contributed by atoms with Crippen LogP contribution in [0.1, 0.15) is 12.0 Å². The van der Waals surface area contributed by atoms with E-state index in [4.69, 9.17) is 16.7 Å². The van der Waals surface area contributed by atoms with Gasteiger partial charge in [0, 0.05) is 11.9 Å². The minimum atomic E-state index is 0.0853. The molecule has 1 aromatic carbocycles. The van der Waals surface area contributed by atoms with Crippen molar-refractivity contribution in [3.8, 4) is 11.5 Å². The van der Waals surface area contributed by atoms with Gasteiger partial charge >= 0.3 is 0 Å². The lowest BCUT2D eigenvalue weighted by atomic mass is 10.1. The Bertz CT molecular complexity index is 261. The second-order valence-corrected chi connectivity index (χ2v) is 2.98. The summed E-state index contributed by atoms with van der Waals surface area (Å²) in [6.45, 7) is 0. The lowest BCUT2D eigenvalue weighted by Gasteiger charge is -2.02. The second kappa shape index (κ2) is 4.21. The molecule has 0 saturated heterocycles. The number of rotatable bonds is 3. The highest BCUT2D eigenvalue weighted by Crippen LogP contribution is 2.23. The van der Waals surface area contributed by atoms with Crippen molar-refractivity contribution < 1.29 is 10.2 Å². The second-order valence-electron chi connectivity index (χ2n) is 2.61. The molecule has 0 spiro atoms. The summed E-state index contributed by atoms with van der Waals surface area (Å²) < 4.78 is 0. The van der Waals surface area contributed by atoms with Gasteiger partial charge in [-0.05, 0) is 24.5 Å². The van der Waals surface area contributed by atoms with Crippen LogP contribution in [0, 0.1) is 0 Å². The molecule has 2 nitrogen and oxygen atoms in total. The van der Waals surface area contributed by atoms with Crippen molar-refractivity contribution in [3.05, 3.63) is 23.8 Å². The van der Waals surface area contributed by atoms with E-state index in [0.717, 1.165) is 18.4 Å². The smallest absolute Gasteiger partial charge is 0.122 e. The lowest BCUT2D eigenvalue weighted by molar-refractivity contribution is 0.445. The van der Waals surface area contributed by atoms with Crippen LogP contribution in [0.15, 0.2) is 18.2 Å². The van der Waals surface area contributed by atoms with E-state index in [0.29, 0.717) is 5.88 Å². The fraction of sp³-hybridized carbons (Fsp3) is 0.333. The highest BCUT2D eigenvalue weighted by molar-refractivity contribution is 6.17. The molecule has 0 saturated carbocycles. The van der Waals surface area contributed by atoms with E-state index in [2.05, 4.69) is 0 Å². The first-order valence-corrected chi connectivity index (χ1v) is 4.34. The molecule has 1 aromatic rings. The van der Waals surface area contributed by atoms with Crippen LogP contribution in [0.5, 0.6) is 11.5 Å². The molecule has 0 aromatic heterocycles. The fourth-order valence-corrected chi connectivity index (χ4v) is 1.15. The number of hydrogen-bond donors (Lipinski definition) is 2. The van der Waals surface area contributed by atoms with Crippen molar-refractivity contribution in [1.82, 2.24) is 0 Å². The Morgan fingerprint density at radius 3 is 2.58 bits per heavy atom. The molecular formula is C9H11ClO2. The highest BCUT2D eigenvalue weighted by Gasteiger charge is 2.00. The molecule has 0 radical (unpaired) electrons. The Kier molecular flexibility index (Phi) is 3.23. The van der Waals surface area contributed by atoms with Crippen LogP contribution in [-0.2, 0) is 6.42 Å². The average Bonchev–Trinajstić information content (AvgIpc) is 2.03. The van der Waals surface area contributed by atoms with Gasteiger partial charge in [0.1, 0.15) is 11.5 Å². The predicted molar refractivity (Wildman–Crippen MR) is 48.8 cm³/mol. The zero-order valence-electron chi connectivity index (χ0n) is 6.63. The number of aromatic hydroxyl groups is 2. The molecule has 0 fully saturated rings. The van der Waals surface area contributed by atoms with Crippen molar-refractivity contribution >= 4 is 11.6 Å². The summed E-state index contributed by atoms with van der Waals surface area (Å²) in [6, 6.07) is 4.60. The van der Waals surface area contributed by atoms with Gasteiger partial charge in [-0.1, -0.05) is 6.07 Å². The maximum absolute atomic E-state index is 9.31. The van der Waals surface area contributed by atoms with Crippen LogP contribution < -0.4 is 0 Å². The van der Waals surface area contributed by atoms with Gasteiger partial charge in [-0.2, -0.15) is 0 Å². The summed E-state index contributed by atoms with van der Waals surface area (Å²) in [4.78, 5) is 0.